The molecule has 1 amide bonds. The number of carbonyl (C=O) groups is 1. The Kier molecular flexibility index (Phi) is 3.85. The molecule has 0 aliphatic carbocycles. The Bertz CT molecular complexity index is 695. The lowest BCUT2D eigenvalue weighted by Crippen LogP contribution is -2.15. The van der Waals surface area contributed by atoms with E-state index in [0.717, 1.165) is 12.1 Å². The highest BCUT2D eigenvalue weighted by Gasteiger charge is 2.16. The van der Waals surface area contributed by atoms with E-state index in [0.29, 0.717) is 6.07 Å². The zero-order valence-corrected chi connectivity index (χ0v) is 10.5. The Morgan fingerprint density at radius 3 is 2.75 bits per heavy atom. The van der Waals surface area contributed by atoms with Gasteiger partial charge in [0.25, 0.3) is 11.6 Å². The van der Waals surface area contributed by atoms with Gasteiger partial charge in [-0.15, -0.1) is 0 Å². The summed E-state index contributed by atoms with van der Waals surface area (Å²) in [4.78, 5) is 28.8. The lowest BCUT2D eigenvalue weighted by Gasteiger charge is -2.05. The second-order valence-corrected chi connectivity index (χ2v) is 3.92. The normalized spacial score (nSPS) is 10.1. The quantitative estimate of drug-likeness (QED) is 0.533. The van der Waals surface area contributed by atoms with Crippen LogP contribution in [0.2, 0.25) is 5.28 Å². The lowest BCUT2D eigenvalue weighted by molar-refractivity contribution is -0.385. The number of nitro benzene ring substituents is 1. The van der Waals surface area contributed by atoms with Crippen LogP contribution in [0.3, 0.4) is 0 Å². The first-order valence-electron chi connectivity index (χ1n) is 5.21. The van der Waals surface area contributed by atoms with Crippen molar-refractivity contribution >= 4 is 29.0 Å². The van der Waals surface area contributed by atoms with Gasteiger partial charge in [0.2, 0.25) is 5.28 Å². The van der Waals surface area contributed by atoms with Crippen LogP contribution in [0.5, 0.6) is 0 Å². The van der Waals surface area contributed by atoms with Crippen LogP contribution in [-0.2, 0) is 0 Å². The number of halogens is 2. The fourth-order valence-corrected chi connectivity index (χ4v) is 1.54. The molecule has 1 heterocycles. The molecule has 2 aromatic rings. The maximum Gasteiger partial charge on any atom is 0.272 e. The number of nitrogens with one attached hydrogen (secondary N) is 1. The van der Waals surface area contributed by atoms with Crippen molar-refractivity contribution in [2.24, 2.45) is 0 Å². The molecule has 0 saturated carbocycles. The van der Waals surface area contributed by atoms with Crippen molar-refractivity contribution < 1.29 is 14.1 Å². The smallest absolute Gasteiger partial charge is 0.272 e. The summed E-state index contributed by atoms with van der Waals surface area (Å²) in [6.07, 6.45) is 1.32. The Labute approximate surface area is 116 Å². The van der Waals surface area contributed by atoms with Crippen LogP contribution in [0.4, 0.5) is 15.9 Å². The molecule has 0 aliphatic rings. The Hall–Kier alpha value is -2.61. The van der Waals surface area contributed by atoms with Crippen LogP contribution in [0, 0.1) is 15.9 Å². The monoisotopic (exact) mass is 296 g/mol. The van der Waals surface area contributed by atoms with Crippen molar-refractivity contribution in [2.75, 3.05) is 5.32 Å². The van der Waals surface area contributed by atoms with Crippen LogP contribution in [-0.4, -0.2) is 20.8 Å². The van der Waals surface area contributed by atoms with E-state index in [1.54, 1.807) is 0 Å². The highest BCUT2D eigenvalue weighted by molar-refractivity contribution is 6.28. The first-order valence-corrected chi connectivity index (χ1v) is 5.59. The third-order valence-corrected chi connectivity index (χ3v) is 2.46. The van der Waals surface area contributed by atoms with Gasteiger partial charge < -0.3 is 5.32 Å². The van der Waals surface area contributed by atoms with E-state index in [1.165, 1.54) is 12.3 Å². The number of hydrogen-bond acceptors (Lipinski definition) is 5. The van der Waals surface area contributed by atoms with Gasteiger partial charge >= 0.3 is 0 Å². The molecule has 102 valence electrons. The van der Waals surface area contributed by atoms with Crippen LogP contribution in [0.15, 0.2) is 30.5 Å². The zero-order valence-electron chi connectivity index (χ0n) is 9.71. The highest BCUT2D eigenvalue weighted by Crippen LogP contribution is 2.17. The fraction of sp³-hybridized carbons (Fsp3) is 0. The first-order chi connectivity index (χ1) is 9.47. The minimum absolute atomic E-state index is 0.0769. The molecule has 1 aromatic carbocycles. The van der Waals surface area contributed by atoms with Crippen molar-refractivity contribution in [3.8, 4) is 0 Å². The molecule has 0 spiro atoms. The van der Waals surface area contributed by atoms with Crippen LogP contribution >= 0.6 is 11.6 Å². The van der Waals surface area contributed by atoms with Gasteiger partial charge in [0.15, 0.2) is 0 Å². The van der Waals surface area contributed by atoms with Crippen molar-refractivity contribution in [2.45, 2.75) is 0 Å². The molecule has 9 heteroatoms. The minimum atomic E-state index is -1.00. The number of rotatable bonds is 3. The van der Waals surface area contributed by atoms with Gasteiger partial charge in [-0.05, 0) is 23.7 Å². The molecule has 0 aliphatic heterocycles. The minimum Gasteiger partial charge on any atom is -0.306 e. The molecule has 0 saturated heterocycles. The number of aromatic nitrogens is 2. The van der Waals surface area contributed by atoms with E-state index in [-0.39, 0.29) is 16.7 Å². The molecule has 0 fully saturated rings. The summed E-state index contributed by atoms with van der Waals surface area (Å²) in [6, 6.07) is 4.09. The summed E-state index contributed by atoms with van der Waals surface area (Å²) in [6.45, 7) is 0. The van der Waals surface area contributed by atoms with Crippen LogP contribution in [0.25, 0.3) is 0 Å². The number of amides is 1. The molecular formula is C11H6ClFN4O3. The van der Waals surface area contributed by atoms with Crippen LogP contribution < -0.4 is 5.32 Å². The van der Waals surface area contributed by atoms with Gasteiger partial charge in [0.1, 0.15) is 11.6 Å². The largest absolute Gasteiger partial charge is 0.306 e. The Morgan fingerprint density at radius 1 is 1.40 bits per heavy atom. The second-order valence-electron chi connectivity index (χ2n) is 3.59. The van der Waals surface area contributed by atoms with Gasteiger partial charge in [0.05, 0.1) is 16.6 Å². The summed E-state index contributed by atoms with van der Waals surface area (Å²) in [7, 11) is 0. The average Bonchev–Trinajstić information content (AvgIpc) is 2.38. The number of carbonyl (C=O) groups excluding carboxylic acids is 1. The SMILES string of the molecule is O=C(Nc1ccnc(Cl)n1)c1ccc([N+](=O)[O-])cc1F. The summed E-state index contributed by atoms with van der Waals surface area (Å²) in [5.74, 6) is -1.71. The van der Waals surface area contributed by atoms with Gasteiger partial charge in [-0.2, -0.15) is 0 Å². The molecular weight excluding hydrogens is 291 g/mol. The van der Waals surface area contributed by atoms with Crippen molar-refractivity contribution in [3.63, 3.8) is 0 Å². The van der Waals surface area contributed by atoms with Gasteiger partial charge in [-0.3, -0.25) is 14.9 Å². The summed E-state index contributed by atoms with van der Waals surface area (Å²) in [5.41, 5.74) is -0.783. The van der Waals surface area contributed by atoms with E-state index in [2.05, 4.69) is 15.3 Å². The molecule has 0 atom stereocenters. The molecule has 0 radical (unpaired) electrons. The van der Waals surface area contributed by atoms with Crippen molar-refractivity contribution in [1.82, 2.24) is 9.97 Å². The van der Waals surface area contributed by atoms with Crippen LogP contribution in [0.1, 0.15) is 10.4 Å². The molecule has 1 aromatic heterocycles. The number of nitrogens with zero attached hydrogens (tertiary/aromatic N) is 3. The highest BCUT2D eigenvalue weighted by atomic mass is 35.5. The van der Waals surface area contributed by atoms with Crippen molar-refractivity contribution in [1.29, 1.82) is 0 Å². The number of anilines is 1. The summed E-state index contributed by atoms with van der Waals surface area (Å²) >= 11 is 5.54. The van der Waals surface area contributed by atoms with Crippen molar-refractivity contribution in [3.05, 3.63) is 57.2 Å². The van der Waals surface area contributed by atoms with Gasteiger partial charge in [-0.25, -0.2) is 14.4 Å². The number of non-ortho nitro benzene ring substituents is 1. The summed E-state index contributed by atoms with van der Waals surface area (Å²) in [5, 5.41) is 12.7. The predicted octanol–water partition coefficient (Wildman–Crippen LogP) is 2.43. The third kappa shape index (κ3) is 3.04. The maximum absolute atomic E-state index is 13.6. The predicted molar refractivity (Wildman–Crippen MR) is 68.0 cm³/mol. The molecule has 0 bridgehead atoms. The molecule has 20 heavy (non-hydrogen) atoms. The third-order valence-electron chi connectivity index (χ3n) is 2.28. The van der Waals surface area contributed by atoms with Gasteiger partial charge in [-0.1, -0.05) is 0 Å². The molecule has 7 nitrogen and oxygen atoms in total. The first kappa shape index (κ1) is 13.8. The molecule has 1 N–H and O–H groups in total. The fourth-order valence-electron chi connectivity index (χ4n) is 1.39. The number of hydrogen-bond donors (Lipinski definition) is 1. The number of nitro groups is 1. The maximum atomic E-state index is 13.6. The molecule has 0 unspecified atom stereocenters. The average molecular weight is 297 g/mol. The second kappa shape index (κ2) is 5.57. The topological polar surface area (TPSA) is 98.0 Å². The van der Waals surface area contributed by atoms with E-state index < -0.39 is 22.3 Å². The number of benzene rings is 1. The van der Waals surface area contributed by atoms with E-state index in [4.69, 9.17) is 11.6 Å². The Balaban J connectivity index is 2.23. The zero-order chi connectivity index (χ0) is 14.7. The van der Waals surface area contributed by atoms with E-state index in [9.17, 15) is 19.3 Å². The van der Waals surface area contributed by atoms with E-state index >= 15 is 0 Å². The van der Waals surface area contributed by atoms with E-state index in [1.807, 2.05) is 0 Å². The summed E-state index contributed by atoms with van der Waals surface area (Å²) < 4.78 is 13.6. The van der Waals surface area contributed by atoms with Gasteiger partial charge in [0, 0.05) is 12.3 Å². The Morgan fingerprint density at radius 2 is 2.15 bits per heavy atom. The standard InChI is InChI=1S/C11H6ClFN4O3/c12-11-14-4-3-9(16-11)15-10(18)7-2-1-6(17(19)20)5-8(7)13/h1-5H,(H,14,15,16,18). The molecule has 2 rings (SSSR count). The lowest BCUT2D eigenvalue weighted by atomic mass is 10.2.